The lowest BCUT2D eigenvalue weighted by Crippen LogP contribution is -2.31. The number of H-pyrrole nitrogens is 1. The number of aromatic amines is 1. The van der Waals surface area contributed by atoms with Crippen LogP contribution in [0.5, 0.6) is 0 Å². The third-order valence-corrected chi connectivity index (χ3v) is 6.01. The van der Waals surface area contributed by atoms with Gasteiger partial charge in [0, 0.05) is 29.6 Å². The van der Waals surface area contributed by atoms with Crippen LogP contribution >= 0.6 is 0 Å². The predicted molar refractivity (Wildman–Crippen MR) is 119 cm³/mol. The van der Waals surface area contributed by atoms with E-state index in [0.29, 0.717) is 19.7 Å². The van der Waals surface area contributed by atoms with Crippen molar-refractivity contribution in [1.29, 1.82) is 0 Å². The minimum atomic E-state index is -0.273. The van der Waals surface area contributed by atoms with Gasteiger partial charge in [0.15, 0.2) is 0 Å². The van der Waals surface area contributed by atoms with Crippen LogP contribution in [0.25, 0.3) is 22.0 Å². The van der Waals surface area contributed by atoms with E-state index in [1.54, 1.807) is 4.90 Å². The molecule has 0 radical (unpaired) electrons. The second-order valence-corrected chi connectivity index (χ2v) is 7.68. The summed E-state index contributed by atoms with van der Waals surface area (Å²) in [6, 6.07) is 24.9. The molecule has 5 rings (SSSR count). The lowest BCUT2D eigenvalue weighted by molar-refractivity contribution is 0.0993. The van der Waals surface area contributed by atoms with Gasteiger partial charge in [-0.15, -0.1) is 0 Å². The third-order valence-electron chi connectivity index (χ3n) is 6.01. The molecule has 4 aromatic rings. The highest BCUT2D eigenvalue weighted by Gasteiger charge is 2.29. The Bertz CT molecular complexity index is 1160. The highest BCUT2D eigenvalue weighted by molar-refractivity contribution is 5.83. The molecule has 0 saturated heterocycles. The fourth-order valence-electron chi connectivity index (χ4n) is 4.46. The molecule has 0 unspecified atom stereocenters. The van der Waals surface area contributed by atoms with E-state index in [1.807, 2.05) is 31.3 Å². The van der Waals surface area contributed by atoms with E-state index in [2.05, 4.69) is 59.6 Å². The molecular weight excluding hydrogens is 372 g/mol. The van der Waals surface area contributed by atoms with Gasteiger partial charge in [0.25, 0.3) is 0 Å². The molecule has 150 valence electrons. The average Bonchev–Trinajstić information content (AvgIpc) is 3.35. The van der Waals surface area contributed by atoms with Crippen molar-refractivity contribution in [3.8, 4) is 11.1 Å². The fraction of sp³-hybridized carbons (Fsp3) is 0.192. The van der Waals surface area contributed by atoms with E-state index in [9.17, 15) is 4.79 Å². The van der Waals surface area contributed by atoms with Crippen LogP contribution in [0.1, 0.15) is 29.5 Å². The molecule has 0 bridgehead atoms. The number of carbonyl (C=O) groups is 1. The zero-order valence-electron chi connectivity index (χ0n) is 17.0. The molecule has 3 aromatic carbocycles. The molecule has 4 heteroatoms. The monoisotopic (exact) mass is 396 g/mol. The number of hydrogen-bond acceptors (Lipinski definition) is 2. The van der Waals surface area contributed by atoms with Crippen molar-refractivity contribution in [2.75, 3.05) is 13.2 Å². The van der Waals surface area contributed by atoms with Gasteiger partial charge in [-0.05, 0) is 40.8 Å². The largest absolute Gasteiger partial charge is 0.448 e. The number of para-hydroxylation sites is 1. The normalized spacial score (nSPS) is 12.6. The summed E-state index contributed by atoms with van der Waals surface area (Å²) >= 11 is 0. The first-order valence-electron chi connectivity index (χ1n) is 10.4. The summed E-state index contributed by atoms with van der Waals surface area (Å²) in [6.07, 6.45) is 1.70. The van der Waals surface area contributed by atoms with Crippen LogP contribution in [0, 0.1) is 0 Å². The molecule has 1 N–H and O–H groups in total. The van der Waals surface area contributed by atoms with E-state index >= 15 is 0 Å². The first kappa shape index (κ1) is 18.5. The minimum Gasteiger partial charge on any atom is -0.448 e. The van der Waals surface area contributed by atoms with Crippen LogP contribution in [-0.2, 0) is 11.3 Å². The number of benzene rings is 3. The van der Waals surface area contributed by atoms with Crippen LogP contribution in [0.3, 0.4) is 0 Å². The summed E-state index contributed by atoms with van der Waals surface area (Å²) in [5.74, 6) is 0.0770. The first-order valence-corrected chi connectivity index (χ1v) is 10.4. The van der Waals surface area contributed by atoms with E-state index < -0.39 is 0 Å². The van der Waals surface area contributed by atoms with Crippen LogP contribution in [-0.4, -0.2) is 29.1 Å². The van der Waals surface area contributed by atoms with Gasteiger partial charge in [-0.2, -0.15) is 0 Å². The maximum atomic E-state index is 12.9. The van der Waals surface area contributed by atoms with Gasteiger partial charge in [-0.1, -0.05) is 66.7 Å². The number of hydrogen-bond donors (Lipinski definition) is 1. The summed E-state index contributed by atoms with van der Waals surface area (Å²) in [6.45, 7) is 3.45. The van der Waals surface area contributed by atoms with Crippen LogP contribution in [0.4, 0.5) is 4.79 Å². The second kappa shape index (κ2) is 7.71. The van der Waals surface area contributed by atoms with Gasteiger partial charge >= 0.3 is 6.09 Å². The topological polar surface area (TPSA) is 45.3 Å². The molecule has 1 aromatic heterocycles. The lowest BCUT2D eigenvalue weighted by atomic mass is 9.98. The number of aromatic nitrogens is 1. The van der Waals surface area contributed by atoms with Gasteiger partial charge in [0.2, 0.25) is 0 Å². The van der Waals surface area contributed by atoms with Crippen molar-refractivity contribution in [2.24, 2.45) is 0 Å². The molecule has 30 heavy (non-hydrogen) atoms. The molecule has 1 aliphatic rings. The van der Waals surface area contributed by atoms with Crippen molar-refractivity contribution in [3.63, 3.8) is 0 Å². The predicted octanol–water partition coefficient (Wildman–Crippen LogP) is 5.94. The Labute approximate surface area is 176 Å². The Morgan fingerprint density at radius 2 is 1.57 bits per heavy atom. The average molecular weight is 396 g/mol. The van der Waals surface area contributed by atoms with Gasteiger partial charge < -0.3 is 14.6 Å². The maximum Gasteiger partial charge on any atom is 0.410 e. The highest BCUT2D eigenvalue weighted by Crippen LogP contribution is 2.44. The number of amides is 1. The van der Waals surface area contributed by atoms with Crippen molar-refractivity contribution in [2.45, 2.75) is 19.4 Å². The van der Waals surface area contributed by atoms with E-state index in [4.69, 9.17) is 4.74 Å². The molecule has 0 aliphatic heterocycles. The Kier molecular flexibility index (Phi) is 4.75. The SMILES string of the molecule is CCN(Cc1c[nH]c2ccccc12)C(=O)OCC1c2ccccc2-c2ccccc21. The number of nitrogens with one attached hydrogen (secondary N) is 1. The van der Waals surface area contributed by atoms with Crippen LogP contribution in [0.2, 0.25) is 0 Å². The molecular formula is C26H24N2O2. The number of nitrogens with zero attached hydrogens (tertiary/aromatic N) is 1. The summed E-state index contributed by atoms with van der Waals surface area (Å²) in [5.41, 5.74) is 7.11. The van der Waals surface area contributed by atoms with Crippen molar-refractivity contribution in [1.82, 2.24) is 9.88 Å². The van der Waals surface area contributed by atoms with Crippen molar-refractivity contribution < 1.29 is 9.53 Å². The van der Waals surface area contributed by atoms with Gasteiger partial charge in [0.05, 0.1) is 6.54 Å². The third kappa shape index (κ3) is 3.14. The Morgan fingerprint density at radius 1 is 0.933 bits per heavy atom. The van der Waals surface area contributed by atoms with E-state index in [0.717, 1.165) is 16.5 Å². The summed E-state index contributed by atoms with van der Waals surface area (Å²) in [4.78, 5) is 17.9. The van der Waals surface area contributed by atoms with Gasteiger partial charge in [-0.25, -0.2) is 4.79 Å². The highest BCUT2D eigenvalue weighted by atomic mass is 16.6. The summed E-state index contributed by atoms with van der Waals surface area (Å²) < 4.78 is 5.83. The number of rotatable bonds is 5. The summed E-state index contributed by atoms with van der Waals surface area (Å²) in [5, 5.41) is 1.14. The van der Waals surface area contributed by atoms with Crippen molar-refractivity contribution >= 4 is 17.0 Å². The standard InChI is InChI=1S/C26H24N2O2/c1-2-28(16-18-15-27-25-14-8-7-9-19(18)25)26(29)30-17-24-22-12-5-3-10-20(22)21-11-4-6-13-23(21)24/h3-15,24,27H,2,16-17H2,1H3. The smallest absolute Gasteiger partial charge is 0.410 e. The van der Waals surface area contributed by atoms with Gasteiger partial charge in [-0.3, -0.25) is 0 Å². The molecule has 0 saturated carbocycles. The summed E-state index contributed by atoms with van der Waals surface area (Å²) in [7, 11) is 0. The molecule has 0 spiro atoms. The lowest BCUT2D eigenvalue weighted by Gasteiger charge is -2.22. The van der Waals surface area contributed by atoms with E-state index in [-0.39, 0.29) is 12.0 Å². The number of fused-ring (bicyclic) bond motifs is 4. The zero-order valence-corrected chi connectivity index (χ0v) is 17.0. The molecule has 1 amide bonds. The molecule has 0 atom stereocenters. The molecule has 1 aliphatic carbocycles. The Balaban J connectivity index is 1.33. The van der Waals surface area contributed by atoms with Crippen molar-refractivity contribution in [3.05, 3.63) is 95.7 Å². The Morgan fingerprint density at radius 3 is 2.27 bits per heavy atom. The zero-order chi connectivity index (χ0) is 20.5. The van der Waals surface area contributed by atoms with E-state index in [1.165, 1.54) is 22.3 Å². The number of ether oxygens (including phenoxy) is 1. The van der Waals surface area contributed by atoms with Crippen LogP contribution < -0.4 is 0 Å². The maximum absolute atomic E-state index is 12.9. The second-order valence-electron chi connectivity index (χ2n) is 7.68. The molecule has 4 nitrogen and oxygen atoms in total. The fourth-order valence-corrected chi connectivity index (χ4v) is 4.46. The Hall–Kier alpha value is -3.53. The van der Waals surface area contributed by atoms with Gasteiger partial charge in [0.1, 0.15) is 6.61 Å². The first-order chi connectivity index (χ1) is 14.8. The van der Waals surface area contributed by atoms with Crippen LogP contribution in [0.15, 0.2) is 79.0 Å². The molecule has 0 fully saturated rings. The number of carbonyl (C=O) groups excluding carboxylic acids is 1. The minimum absolute atomic E-state index is 0.0770. The molecule has 1 heterocycles. The quantitative estimate of drug-likeness (QED) is 0.454.